The molecule has 1 aliphatic heterocycles. The molecule has 2 aromatic carbocycles. The van der Waals surface area contributed by atoms with Crippen molar-refractivity contribution in [2.75, 3.05) is 5.88 Å². The first-order valence-electron chi connectivity index (χ1n) is 6.11. The second-order valence-corrected chi connectivity index (χ2v) is 5.86. The highest BCUT2D eigenvalue weighted by atomic mass is 35.5. The second-order valence-electron chi connectivity index (χ2n) is 4.43. The number of thioether (sulfide) groups is 1. The Balaban J connectivity index is 1.76. The van der Waals surface area contributed by atoms with Gasteiger partial charge >= 0.3 is 0 Å². The zero-order valence-corrected chi connectivity index (χ0v) is 12.2. The number of carbonyl (C=O) groups is 2. The molecule has 0 radical (unpaired) electrons. The molecule has 0 saturated heterocycles. The molecule has 0 N–H and O–H groups in total. The first kappa shape index (κ1) is 14.1. The van der Waals surface area contributed by atoms with Crippen molar-refractivity contribution in [3.63, 3.8) is 0 Å². The average Bonchev–Trinajstić information content (AvgIpc) is 2.73. The van der Waals surface area contributed by atoms with Gasteiger partial charge in [0.15, 0.2) is 0 Å². The molecule has 0 unspecified atom stereocenters. The van der Waals surface area contributed by atoms with Crippen LogP contribution in [0.4, 0.5) is 4.39 Å². The molecular weight excluding hydrogens is 313 g/mol. The highest BCUT2D eigenvalue weighted by Gasteiger charge is 2.34. The van der Waals surface area contributed by atoms with Crippen molar-refractivity contribution in [3.05, 3.63) is 64.4 Å². The molecule has 6 heteroatoms. The van der Waals surface area contributed by atoms with Crippen LogP contribution in [-0.2, 0) is 0 Å². The Hall–Kier alpha value is -1.85. The van der Waals surface area contributed by atoms with Gasteiger partial charge in [0, 0.05) is 4.90 Å². The van der Waals surface area contributed by atoms with Crippen molar-refractivity contribution in [3.8, 4) is 0 Å². The fourth-order valence-electron chi connectivity index (χ4n) is 2.06. The Morgan fingerprint density at radius 1 is 1.05 bits per heavy atom. The Morgan fingerprint density at radius 2 is 1.67 bits per heavy atom. The van der Waals surface area contributed by atoms with E-state index in [1.54, 1.807) is 30.3 Å². The third-order valence-corrected chi connectivity index (χ3v) is 4.39. The highest BCUT2D eigenvalue weighted by molar-refractivity contribution is 7.99. The van der Waals surface area contributed by atoms with Gasteiger partial charge in [-0.15, -0.1) is 11.8 Å². The maximum absolute atomic E-state index is 13.1. The van der Waals surface area contributed by atoms with Crippen LogP contribution in [0.2, 0.25) is 5.02 Å². The van der Waals surface area contributed by atoms with Crippen LogP contribution in [0.25, 0.3) is 0 Å². The molecule has 1 aliphatic rings. The fourth-order valence-corrected chi connectivity index (χ4v) is 3.19. The van der Waals surface area contributed by atoms with E-state index in [2.05, 4.69) is 0 Å². The average molecular weight is 322 g/mol. The van der Waals surface area contributed by atoms with Crippen LogP contribution in [-0.4, -0.2) is 22.6 Å². The summed E-state index contributed by atoms with van der Waals surface area (Å²) in [7, 11) is 0. The number of rotatable bonds is 3. The summed E-state index contributed by atoms with van der Waals surface area (Å²) in [6.45, 7) is 0. The number of benzene rings is 2. The topological polar surface area (TPSA) is 37.4 Å². The van der Waals surface area contributed by atoms with E-state index in [0.29, 0.717) is 16.0 Å². The molecule has 3 rings (SSSR count). The lowest BCUT2D eigenvalue weighted by Crippen LogP contribution is -2.29. The molecule has 1 heterocycles. The quantitative estimate of drug-likeness (QED) is 0.637. The van der Waals surface area contributed by atoms with Crippen LogP contribution in [0.1, 0.15) is 20.7 Å². The molecule has 0 saturated carbocycles. The van der Waals surface area contributed by atoms with E-state index >= 15 is 0 Å². The molecule has 21 heavy (non-hydrogen) atoms. The molecule has 0 bridgehead atoms. The molecule has 0 fully saturated rings. The maximum atomic E-state index is 13.1. The van der Waals surface area contributed by atoms with Crippen molar-refractivity contribution in [1.29, 1.82) is 0 Å². The molecular formula is C15H9ClFNO2S. The second kappa shape index (κ2) is 5.50. The molecule has 0 atom stereocenters. The van der Waals surface area contributed by atoms with E-state index in [4.69, 9.17) is 11.6 Å². The van der Waals surface area contributed by atoms with Crippen LogP contribution >= 0.6 is 23.4 Å². The highest BCUT2D eigenvalue weighted by Crippen LogP contribution is 2.28. The lowest BCUT2D eigenvalue weighted by molar-refractivity contribution is 0.0684. The predicted molar refractivity (Wildman–Crippen MR) is 79.1 cm³/mol. The maximum Gasteiger partial charge on any atom is 0.262 e. The lowest BCUT2D eigenvalue weighted by Gasteiger charge is -2.13. The first-order valence-corrected chi connectivity index (χ1v) is 7.47. The number of fused-ring (bicyclic) bond motifs is 1. The zero-order chi connectivity index (χ0) is 15.0. The van der Waals surface area contributed by atoms with Crippen LogP contribution in [0.3, 0.4) is 0 Å². The van der Waals surface area contributed by atoms with Crippen molar-refractivity contribution in [2.24, 2.45) is 0 Å². The number of nitrogens with zero attached hydrogens (tertiary/aromatic N) is 1. The summed E-state index contributed by atoms with van der Waals surface area (Å²) in [5, 5.41) is 0.0161. The molecule has 2 aromatic rings. The third-order valence-electron chi connectivity index (χ3n) is 3.13. The molecule has 106 valence electrons. The summed E-state index contributed by atoms with van der Waals surface area (Å²) in [5.41, 5.74) is 0.834. The van der Waals surface area contributed by atoms with Gasteiger partial charge in [0.05, 0.1) is 22.0 Å². The Labute approximate surface area is 129 Å². The van der Waals surface area contributed by atoms with Crippen LogP contribution in [0, 0.1) is 5.82 Å². The van der Waals surface area contributed by atoms with E-state index in [0.717, 1.165) is 0 Å². The number of imide groups is 1. The first-order chi connectivity index (χ1) is 10.1. The fraction of sp³-hybridized carbons (Fsp3) is 0.0667. The summed E-state index contributed by atoms with van der Waals surface area (Å²) in [6, 6.07) is 11.0. The summed E-state index contributed by atoms with van der Waals surface area (Å²) < 4.78 is 13.1. The number of halogens is 2. The normalized spacial score (nSPS) is 13.7. The predicted octanol–water partition coefficient (Wildman–Crippen LogP) is 3.82. The Kier molecular flexibility index (Phi) is 3.69. The molecule has 3 nitrogen and oxygen atoms in total. The lowest BCUT2D eigenvalue weighted by atomic mass is 10.1. The molecule has 0 spiro atoms. The van der Waals surface area contributed by atoms with E-state index in [1.807, 2.05) is 0 Å². The SMILES string of the molecule is O=C1c2ccccc2C(=O)N1CSc1ccc(F)c(Cl)c1. The van der Waals surface area contributed by atoms with E-state index in [-0.39, 0.29) is 22.7 Å². The van der Waals surface area contributed by atoms with Gasteiger partial charge in [-0.25, -0.2) is 4.39 Å². The largest absolute Gasteiger partial charge is 0.269 e. The van der Waals surface area contributed by atoms with Crippen molar-refractivity contribution in [2.45, 2.75) is 4.90 Å². The van der Waals surface area contributed by atoms with E-state index in [1.165, 1.54) is 28.8 Å². The van der Waals surface area contributed by atoms with Crippen LogP contribution < -0.4 is 0 Å². The van der Waals surface area contributed by atoms with Crippen LogP contribution in [0.15, 0.2) is 47.4 Å². The Bertz CT molecular complexity index is 715. The number of hydrogen-bond acceptors (Lipinski definition) is 3. The molecule has 0 aliphatic carbocycles. The van der Waals surface area contributed by atoms with Gasteiger partial charge < -0.3 is 0 Å². The summed E-state index contributed by atoms with van der Waals surface area (Å²) >= 11 is 6.96. The number of amides is 2. The van der Waals surface area contributed by atoms with Gasteiger partial charge in [0.2, 0.25) is 0 Å². The minimum absolute atomic E-state index is 0.0161. The summed E-state index contributed by atoms with van der Waals surface area (Å²) in [4.78, 5) is 26.2. The van der Waals surface area contributed by atoms with E-state index in [9.17, 15) is 14.0 Å². The van der Waals surface area contributed by atoms with Gasteiger partial charge in [0.25, 0.3) is 11.8 Å². The number of hydrogen-bond donors (Lipinski definition) is 0. The minimum atomic E-state index is -0.498. The molecule has 0 aromatic heterocycles. The van der Waals surface area contributed by atoms with Crippen molar-refractivity contribution >= 4 is 35.2 Å². The van der Waals surface area contributed by atoms with Gasteiger partial charge in [-0.05, 0) is 30.3 Å². The standard InChI is InChI=1S/C15H9ClFNO2S/c16-12-7-9(5-6-13(12)17)21-8-18-14(19)10-3-1-2-4-11(10)15(18)20/h1-7H,8H2. The third kappa shape index (κ3) is 2.54. The van der Waals surface area contributed by atoms with Gasteiger partial charge in [-0.2, -0.15) is 0 Å². The van der Waals surface area contributed by atoms with Gasteiger partial charge in [-0.1, -0.05) is 23.7 Å². The zero-order valence-electron chi connectivity index (χ0n) is 10.7. The summed E-state index contributed by atoms with van der Waals surface area (Å²) in [6.07, 6.45) is 0. The van der Waals surface area contributed by atoms with Gasteiger partial charge in [-0.3, -0.25) is 14.5 Å². The van der Waals surface area contributed by atoms with Crippen LogP contribution in [0.5, 0.6) is 0 Å². The van der Waals surface area contributed by atoms with Crippen molar-refractivity contribution in [1.82, 2.24) is 4.90 Å². The Morgan fingerprint density at radius 3 is 2.24 bits per heavy atom. The summed E-state index contributed by atoms with van der Waals surface area (Å²) in [5.74, 6) is -0.955. The van der Waals surface area contributed by atoms with Gasteiger partial charge in [0.1, 0.15) is 5.82 Å². The van der Waals surface area contributed by atoms with Crippen molar-refractivity contribution < 1.29 is 14.0 Å². The monoisotopic (exact) mass is 321 g/mol. The molecule has 2 amide bonds. The van der Waals surface area contributed by atoms with E-state index < -0.39 is 5.82 Å². The smallest absolute Gasteiger partial charge is 0.262 e. The number of carbonyl (C=O) groups excluding carboxylic acids is 2. The minimum Gasteiger partial charge on any atom is -0.269 e.